The molecule has 0 radical (unpaired) electrons. The maximum absolute atomic E-state index is 12.6. The molecule has 1 aliphatic heterocycles. The van der Waals surface area contributed by atoms with E-state index in [9.17, 15) is 4.79 Å². The zero-order valence-electron chi connectivity index (χ0n) is 15.9. The summed E-state index contributed by atoms with van der Waals surface area (Å²) in [6.07, 6.45) is 9.16. The lowest BCUT2D eigenvalue weighted by atomic mass is 9.88. The number of rotatable bonds is 5. The first-order chi connectivity index (χ1) is 13.3. The van der Waals surface area contributed by atoms with Crippen molar-refractivity contribution in [2.75, 3.05) is 19.6 Å². The second-order valence-corrected chi connectivity index (χ2v) is 8.81. The molecular formula is C22H29N3OS. The van der Waals surface area contributed by atoms with Gasteiger partial charge in [-0.15, -0.1) is 11.3 Å². The van der Waals surface area contributed by atoms with Gasteiger partial charge in [-0.05, 0) is 31.6 Å². The smallest absolute Gasteiger partial charge is 0.270 e. The molecule has 1 aromatic carbocycles. The Morgan fingerprint density at radius 2 is 1.81 bits per heavy atom. The first kappa shape index (κ1) is 18.6. The molecule has 1 saturated carbocycles. The van der Waals surface area contributed by atoms with Gasteiger partial charge < -0.3 is 10.2 Å². The second kappa shape index (κ2) is 8.98. The number of nitrogens with zero attached hydrogens (tertiary/aromatic N) is 2. The van der Waals surface area contributed by atoms with Crippen molar-refractivity contribution in [2.45, 2.75) is 51.0 Å². The molecule has 144 valence electrons. The maximum Gasteiger partial charge on any atom is 0.270 e. The van der Waals surface area contributed by atoms with Crippen molar-refractivity contribution in [3.63, 3.8) is 0 Å². The highest BCUT2D eigenvalue weighted by atomic mass is 32.1. The standard InChI is InChI=1S/C22H29N3OS/c26-21(20-16-27-22(24-20)18-9-5-2-6-10-18)23-19-11-13-25(14-12-19)15-17-7-3-1-4-8-17/h2,5-6,9-10,16-17,19H,1,3-4,7-8,11-15H2,(H,23,26). The van der Waals surface area contributed by atoms with E-state index in [0.29, 0.717) is 5.69 Å². The minimum atomic E-state index is -0.0286. The van der Waals surface area contributed by atoms with Crippen LogP contribution in [-0.2, 0) is 0 Å². The lowest BCUT2D eigenvalue weighted by Crippen LogP contribution is -2.46. The number of thiazole rings is 1. The van der Waals surface area contributed by atoms with Gasteiger partial charge >= 0.3 is 0 Å². The number of nitrogens with one attached hydrogen (secondary N) is 1. The topological polar surface area (TPSA) is 45.2 Å². The minimum Gasteiger partial charge on any atom is -0.348 e. The highest BCUT2D eigenvalue weighted by Gasteiger charge is 2.24. The fourth-order valence-electron chi connectivity index (χ4n) is 4.35. The van der Waals surface area contributed by atoms with Crippen molar-refractivity contribution >= 4 is 17.2 Å². The molecule has 27 heavy (non-hydrogen) atoms. The van der Waals surface area contributed by atoms with Crippen molar-refractivity contribution < 1.29 is 4.79 Å². The Morgan fingerprint density at radius 3 is 2.56 bits per heavy atom. The molecule has 0 spiro atoms. The molecule has 0 unspecified atom stereocenters. The van der Waals surface area contributed by atoms with Gasteiger partial charge in [0, 0.05) is 36.6 Å². The molecule has 1 amide bonds. The van der Waals surface area contributed by atoms with Gasteiger partial charge in [0.15, 0.2) is 0 Å². The summed E-state index contributed by atoms with van der Waals surface area (Å²) in [5.41, 5.74) is 1.61. The average Bonchev–Trinajstić information content (AvgIpc) is 3.21. The number of hydrogen-bond acceptors (Lipinski definition) is 4. The van der Waals surface area contributed by atoms with Gasteiger partial charge in [-0.1, -0.05) is 49.6 Å². The summed E-state index contributed by atoms with van der Waals surface area (Å²) < 4.78 is 0. The molecule has 2 fully saturated rings. The summed E-state index contributed by atoms with van der Waals surface area (Å²) >= 11 is 1.53. The molecule has 1 saturated heterocycles. The van der Waals surface area contributed by atoms with Crippen LogP contribution in [0.25, 0.3) is 10.6 Å². The number of aromatic nitrogens is 1. The van der Waals surface area contributed by atoms with Crippen LogP contribution in [0.3, 0.4) is 0 Å². The van der Waals surface area contributed by atoms with E-state index in [1.165, 1.54) is 50.0 Å². The lowest BCUT2D eigenvalue weighted by molar-refractivity contribution is 0.0897. The Balaban J connectivity index is 1.25. The number of carbonyl (C=O) groups is 1. The van der Waals surface area contributed by atoms with E-state index in [2.05, 4.69) is 15.2 Å². The molecule has 2 aromatic rings. The second-order valence-electron chi connectivity index (χ2n) is 7.96. The molecular weight excluding hydrogens is 354 g/mol. The predicted molar refractivity (Wildman–Crippen MR) is 111 cm³/mol. The Bertz CT molecular complexity index is 731. The number of carbonyl (C=O) groups excluding carboxylic acids is 1. The summed E-state index contributed by atoms with van der Waals surface area (Å²) in [4.78, 5) is 19.7. The molecule has 5 heteroatoms. The Labute approximate surface area is 166 Å². The third-order valence-electron chi connectivity index (χ3n) is 5.92. The summed E-state index contributed by atoms with van der Waals surface area (Å²) in [6.45, 7) is 3.47. The van der Waals surface area contributed by atoms with Gasteiger partial charge in [-0.2, -0.15) is 0 Å². The zero-order chi connectivity index (χ0) is 18.5. The van der Waals surface area contributed by atoms with Crippen molar-refractivity contribution in [1.29, 1.82) is 0 Å². The molecule has 4 rings (SSSR count). The normalized spacial score (nSPS) is 19.9. The van der Waals surface area contributed by atoms with Crippen LogP contribution in [0.4, 0.5) is 0 Å². The van der Waals surface area contributed by atoms with Crippen LogP contribution in [0.15, 0.2) is 35.7 Å². The molecule has 1 N–H and O–H groups in total. The van der Waals surface area contributed by atoms with Gasteiger partial charge in [0.25, 0.3) is 5.91 Å². The number of likely N-dealkylation sites (tertiary alicyclic amines) is 1. The van der Waals surface area contributed by atoms with E-state index in [1.807, 2.05) is 35.7 Å². The Kier molecular flexibility index (Phi) is 6.20. The molecule has 2 heterocycles. The van der Waals surface area contributed by atoms with Gasteiger partial charge in [0.2, 0.25) is 0 Å². The predicted octanol–water partition coefficient (Wildman–Crippen LogP) is 4.58. The summed E-state index contributed by atoms with van der Waals surface area (Å²) in [6, 6.07) is 10.3. The number of hydrogen-bond donors (Lipinski definition) is 1. The van der Waals surface area contributed by atoms with Crippen molar-refractivity contribution in [1.82, 2.24) is 15.2 Å². The van der Waals surface area contributed by atoms with Crippen LogP contribution < -0.4 is 5.32 Å². The van der Waals surface area contributed by atoms with E-state index in [1.54, 1.807) is 0 Å². The molecule has 1 aliphatic carbocycles. The van der Waals surface area contributed by atoms with E-state index in [0.717, 1.165) is 42.4 Å². The van der Waals surface area contributed by atoms with Crippen molar-refractivity contribution in [3.05, 3.63) is 41.4 Å². The Hall–Kier alpha value is -1.72. The number of amides is 1. The third-order valence-corrected chi connectivity index (χ3v) is 6.81. The van der Waals surface area contributed by atoms with E-state index >= 15 is 0 Å². The lowest BCUT2D eigenvalue weighted by Gasteiger charge is -2.35. The van der Waals surface area contributed by atoms with Crippen LogP contribution in [0.1, 0.15) is 55.4 Å². The van der Waals surface area contributed by atoms with E-state index < -0.39 is 0 Å². The highest BCUT2D eigenvalue weighted by molar-refractivity contribution is 7.13. The number of benzene rings is 1. The summed E-state index contributed by atoms with van der Waals surface area (Å²) in [5.74, 6) is 0.871. The molecule has 2 aliphatic rings. The fraction of sp³-hybridized carbons (Fsp3) is 0.545. The Morgan fingerprint density at radius 1 is 1.07 bits per heavy atom. The molecule has 4 nitrogen and oxygen atoms in total. The first-order valence-electron chi connectivity index (χ1n) is 10.3. The van der Waals surface area contributed by atoms with Crippen LogP contribution in [0, 0.1) is 5.92 Å². The van der Waals surface area contributed by atoms with Gasteiger partial charge in [0.1, 0.15) is 10.7 Å². The third kappa shape index (κ3) is 4.96. The van der Waals surface area contributed by atoms with Crippen LogP contribution >= 0.6 is 11.3 Å². The highest BCUT2D eigenvalue weighted by Crippen LogP contribution is 2.26. The fourth-order valence-corrected chi connectivity index (χ4v) is 5.15. The zero-order valence-corrected chi connectivity index (χ0v) is 16.7. The summed E-state index contributed by atoms with van der Waals surface area (Å²) in [5, 5.41) is 5.98. The molecule has 1 aromatic heterocycles. The van der Waals surface area contributed by atoms with Crippen molar-refractivity contribution in [2.24, 2.45) is 5.92 Å². The monoisotopic (exact) mass is 383 g/mol. The number of piperidine rings is 1. The SMILES string of the molecule is O=C(NC1CCN(CC2CCCCC2)CC1)c1csc(-c2ccccc2)n1. The quantitative estimate of drug-likeness (QED) is 0.822. The van der Waals surface area contributed by atoms with Gasteiger partial charge in [-0.25, -0.2) is 4.98 Å². The largest absolute Gasteiger partial charge is 0.348 e. The van der Waals surface area contributed by atoms with Crippen LogP contribution in [0.5, 0.6) is 0 Å². The van der Waals surface area contributed by atoms with E-state index in [4.69, 9.17) is 0 Å². The minimum absolute atomic E-state index is 0.0286. The van der Waals surface area contributed by atoms with Gasteiger partial charge in [0.05, 0.1) is 0 Å². The molecule has 0 atom stereocenters. The van der Waals surface area contributed by atoms with Gasteiger partial charge in [-0.3, -0.25) is 4.79 Å². The summed E-state index contributed by atoms with van der Waals surface area (Å²) in [7, 11) is 0. The van der Waals surface area contributed by atoms with Crippen LogP contribution in [-0.4, -0.2) is 41.5 Å². The van der Waals surface area contributed by atoms with Crippen molar-refractivity contribution in [3.8, 4) is 10.6 Å². The first-order valence-corrected chi connectivity index (χ1v) is 11.2. The van der Waals surface area contributed by atoms with Crippen LogP contribution in [0.2, 0.25) is 0 Å². The molecule has 0 bridgehead atoms. The average molecular weight is 384 g/mol. The maximum atomic E-state index is 12.6. The van der Waals surface area contributed by atoms with E-state index in [-0.39, 0.29) is 11.9 Å².